The molecule has 12 atom stereocenters. The van der Waals surface area contributed by atoms with Gasteiger partial charge in [-0.2, -0.15) is 0 Å². The number of unbranched alkanes of at least 4 members (excludes halogenated alkanes) is 13. The fourth-order valence-corrected chi connectivity index (χ4v) is 11.6. The van der Waals surface area contributed by atoms with Gasteiger partial charge in [-0.05, 0) is 50.0 Å². The number of epoxide rings is 1. The van der Waals surface area contributed by atoms with E-state index < -0.39 is 94.9 Å². The first-order chi connectivity index (χ1) is 30.8. The van der Waals surface area contributed by atoms with Gasteiger partial charge in [-0.25, -0.2) is 4.79 Å². The van der Waals surface area contributed by atoms with E-state index in [9.17, 15) is 24.6 Å². The fraction of sp³-hybridized carbons (Fsp3) is 0.642. The first kappa shape index (κ1) is 48.2. The molecule has 1 aromatic rings. The second-order valence-electron chi connectivity index (χ2n) is 19.3. The zero-order chi connectivity index (χ0) is 45.8. The predicted octanol–water partition coefficient (Wildman–Crippen LogP) is 9.51. The van der Waals surface area contributed by atoms with Crippen molar-refractivity contribution in [3.63, 3.8) is 0 Å². The number of allylic oxidation sites excluding steroid dienone is 5. The summed E-state index contributed by atoms with van der Waals surface area (Å²) in [6, 6.07) is 8.61. The van der Waals surface area contributed by atoms with E-state index in [0.717, 1.165) is 32.1 Å². The van der Waals surface area contributed by atoms with E-state index in [1.807, 2.05) is 25.2 Å². The Hall–Kier alpha value is -3.71. The van der Waals surface area contributed by atoms with Gasteiger partial charge in [0, 0.05) is 30.3 Å². The molecule has 0 aromatic heterocycles. The number of Topliss-reactive ketones (excluding diaryl/α,β-unsaturated/α-hetero) is 1. The first-order valence-corrected chi connectivity index (χ1v) is 24.3. The van der Waals surface area contributed by atoms with Crippen molar-refractivity contribution in [2.45, 2.75) is 190 Å². The molecule has 64 heavy (non-hydrogen) atoms. The van der Waals surface area contributed by atoms with Crippen molar-refractivity contribution in [1.29, 1.82) is 0 Å². The molecule has 0 amide bonds. The second kappa shape index (κ2) is 20.0. The lowest BCUT2D eigenvalue weighted by Gasteiger charge is -2.61. The van der Waals surface area contributed by atoms with Crippen LogP contribution in [0.25, 0.3) is 0 Å². The van der Waals surface area contributed by atoms with Crippen LogP contribution in [-0.2, 0) is 38.0 Å². The zero-order valence-electron chi connectivity index (χ0n) is 38.8. The normalized spacial score (nSPS) is 36.8. The molecule has 3 heterocycles. The minimum absolute atomic E-state index is 0.194. The molecule has 3 aliphatic carbocycles. The molecule has 1 unspecified atom stereocenters. The minimum Gasteiger partial charge on any atom is -0.462 e. The molecule has 350 valence electrons. The molecule has 3 saturated heterocycles. The number of esters is 2. The van der Waals surface area contributed by atoms with Crippen LogP contribution in [-0.4, -0.2) is 87.3 Å². The molecular formula is C53H72O11. The molecule has 0 spiro atoms. The van der Waals surface area contributed by atoms with E-state index >= 15 is 0 Å². The molecule has 2 N–H and O–H groups in total. The first-order valence-electron chi connectivity index (χ1n) is 24.3. The maximum Gasteiger partial charge on any atom is 0.338 e. The van der Waals surface area contributed by atoms with Gasteiger partial charge in [0.2, 0.25) is 0 Å². The van der Waals surface area contributed by atoms with Gasteiger partial charge in [0.05, 0.1) is 11.2 Å². The summed E-state index contributed by atoms with van der Waals surface area (Å²) in [5, 5.41) is 25.4. The van der Waals surface area contributed by atoms with Crippen molar-refractivity contribution in [1.82, 2.24) is 0 Å². The lowest BCUT2D eigenvalue weighted by molar-refractivity contribution is -0.407. The number of fused-ring (bicyclic) bond motifs is 3. The lowest BCUT2D eigenvalue weighted by Crippen LogP contribution is -2.76. The number of hydrogen-bond acceptors (Lipinski definition) is 11. The number of carbonyl (C=O) groups excluding carboxylic acids is 3. The van der Waals surface area contributed by atoms with Crippen LogP contribution < -0.4 is 0 Å². The van der Waals surface area contributed by atoms with E-state index in [-0.39, 0.29) is 12.0 Å². The van der Waals surface area contributed by atoms with Crippen LogP contribution in [0.5, 0.6) is 0 Å². The largest absolute Gasteiger partial charge is 0.462 e. The summed E-state index contributed by atoms with van der Waals surface area (Å²) in [6.45, 7) is 13.6. The Balaban J connectivity index is 1.14. The molecule has 11 heteroatoms. The highest BCUT2D eigenvalue weighted by atomic mass is 16.9. The molecule has 3 bridgehead atoms. The third-order valence-corrected chi connectivity index (χ3v) is 14.9. The maximum atomic E-state index is 14.4. The fourth-order valence-electron chi connectivity index (χ4n) is 11.6. The molecule has 2 saturated carbocycles. The quantitative estimate of drug-likeness (QED) is 0.0336. The Morgan fingerprint density at radius 3 is 2.12 bits per heavy atom. The van der Waals surface area contributed by atoms with Crippen LogP contribution in [0.2, 0.25) is 0 Å². The van der Waals surface area contributed by atoms with Crippen LogP contribution in [0, 0.1) is 17.8 Å². The third-order valence-electron chi connectivity index (χ3n) is 14.9. The van der Waals surface area contributed by atoms with Crippen LogP contribution in [0.4, 0.5) is 0 Å². The summed E-state index contributed by atoms with van der Waals surface area (Å²) in [5.41, 5.74) is -6.27. The summed E-state index contributed by atoms with van der Waals surface area (Å²) in [6.07, 6.45) is 25.4. The van der Waals surface area contributed by atoms with Crippen molar-refractivity contribution in [2.24, 2.45) is 17.8 Å². The van der Waals surface area contributed by atoms with Gasteiger partial charge in [-0.3, -0.25) is 9.59 Å². The Bertz CT molecular complexity index is 1970. The summed E-state index contributed by atoms with van der Waals surface area (Å²) in [7, 11) is 0. The lowest BCUT2D eigenvalue weighted by atomic mass is 9.53. The molecule has 0 radical (unpaired) electrons. The SMILES string of the molecule is C=C(C)[C@@]12OC3(/C=C/C=C/C=C/CCC)O[C@@H]1[C@H]1[C@@H]4O[C@]4(COC(=O)CCCCCCCCCCCCCCC)[C@@H](O)[C@]4(O)C(=O)C(C)=C[C@H]4[C@@]1(O3)[C@@H](C)[C@H]2OC(=O)c1ccccc1. The molecule has 11 nitrogen and oxygen atoms in total. The predicted molar refractivity (Wildman–Crippen MR) is 243 cm³/mol. The van der Waals surface area contributed by atoms with Gasteiger partial charge in [-0.15, -0.1) is 0 Å². The minimum atomic E-state index is -2.48. The molecule has 7 rings (SSSR count). The Morgan fingerprint density at radius 2 is 1.48 bits per heavy atom. The zero-order valence-corrected chi connectivity index (χ0v) is 38.8. The number of carbonyl (C=O) groups is 3. The Morgan fingerprint density at radius 1 is 0.844 bits per heavy atom. The van der Waals surface area contributed by atoms with Crippen LogP contribution in [0.1, 0.15) is 148 Å². The monoisotopic (exact) mass is 885 g/mol. The Labute approximate surface area is 380 Å². The van der Waals surface area contributed by atoms with Crippen molar-refractivity contribution in [3.05, 3.63) is 96.2 Å². The average molecular weight is 885 g/mol. The van der Waals surface area contributed by atoms with Gasteiger partial charge in [0.25, 0.3) is 0 Å². The van der Waals surface area contributed by atoms with E-state index in [1.165, 1.54) is 57.8 Å². The van der Waals surface area contributed by atoms with Crippen molar-refractivity contribution >= 4 is 17.7 Å². The van der Waals surface area contributed by atoms with Crippen LogP contribution >= 0.6 is 0 Å². The summed E-state index contributed by atoms with van der Waals surface area (Å²) >= 11 is 0. The van der Waals surface area contributed by atoms with Crippen molar-refractivity contribution in [3.8, 4) is 0 Å². The van der Waals surface area contributed by atoms with Gasteiger partial charge in [-0.1, -0.05) is 165 Å². The topological polar surface area (TPSA) is 150 Å². The maximum absolute atomic E-state index is 14.4. The van der Waals surface area contributed by atoms with E-state index in [4.69, 9.17) is 28.4 Å². The summed E-state index contributed by atoms with van der Waals surface area (Å²) < 4.78 is 40.1. The third kappa shape index (κ3) is 8.58. The molecule has 1 aromatic carbocycles. The van der Waals surface area contributed by atoms with E-state index in [0.29, 0.717) is 17.6 Å². The van der Waals surface area contributed by atoms with Gasteiger partial charge >= 0.3 is 17.9 Å². The highest BCUT2D eigenvalue weighted by Crippen LogP contribution is 2.73. The molecule has 5 fully saturated rings. The number of benzene rings is 1. The van der Waals surface area contributed by atoms with Crippen LogP contribution in [0.15, 0.2) is 90.6 Å². The highest BCUT2D eigenvalue weighted by Gasteiger charge is 2.90. The number of ketones is 1. The standard InChI is InChI=1S/C53H72O11/c1-7-9-11-13-15-16-17-18-19-20-21-23-28-32-41(54)59-35-49-45(61-49)42-46-52(36(3)4)44(60-47(56)39-30-26-25-27-31-39)38(6)53(42,40-34-37(5)43(55)51(40,58)48(49)57)64-50(62-46,63-52)33-29-24-22-14-12-10-8-2/h12,14,22,24-27,29-31,33-34,38,40,42,44-46,48,57-58H,3,7-11,13,15-21,23,28,32,35H2,1-2,4-6H3/b14-12+,24-22+,33-29+/t38-,40+,42+,44+,45-,46+,48+,49-,50?,51+,52-,53-/m0/s1. The number of ether oxygens (including phenoxy) is 6. The van der Waals surface area contributed by atoms with Crippen LogP contribution in [0.3, 0.4) is 0 Å². The summed E-state index contributed by atoms with van der Waals surface area (Å²) in [4.78, 5) is 41.8. The average Bonchev–Trinajstić information content (AvgIpc) is 3.90. The highest BCUT2D eigenvalue weighted by molar-refractivity contribution is 6.05. The van der Waals surface area contributed by atoms with Gasteiger partial charge in [0.15, 0.2) is 22.6 Å². The van der Waals surface area contributed by atoms with Gasteiger partial charge < -0.3 is 38.6 Å². The van der Waals surface area contributed by atoms with Crippen molar-refractivity contribution < 1.29 is 53.0 Å². The van der Waals surface area contributed by atoms with Crippen molar-refractivity contribution in [2.75, 3.05) is 6.61 Å². The number of rotatable bonds is 24. The molecule has 6 aliphatic rings. The number of aliphatic hydroxyl groups excluding tert-OH is 1. The Kier molecular flexibility index (Phi) is 15.1. The van der Waals surface area contributed by atoms with E-state index in [2.05, 4.69) is 26.5 Å². The smallest absolute Gasteiger partial charge is 0.338 e. The second-order valence-corrected chi connectivity index (χ2v) is 19.3. The van der Waals surface area contributed by atoms with E-state index in [1.54, 1.807) is 62.4 Å². The summed E-state index contributed by atoms with van der Waals surface area (Å²) in [5.74, 6) is -6.50. The van der Waals surface area contributed by atoms with Gasteiger partial charge in [0.1, 0.15) is 31.0 Å². The molecular weight excluding hydrogens is 813 g/mol. The number of hydrogen-bond donors (Lipinski definition) is 2. The molecule has 3 aliphatic heterocycles. The number of aliphatic hydroxyl groups is 2.